The summed E-state index contributed by atoms with van der Waals surface area (Å²) < 4.78 is 6.40. The summed E-state index contributed by atoms with van der Waals surface area (Å²) in [5, 5.41) is 7.00. The summed E-state index contributed by atoms with van der Waals surface area (Å²) >= 11 is 0. The first kappa shape index (κ1) is 32.5. The molecule has 0 radical (unpaired) electrons. The molecule has 0 unspecified atom stereocenters. The Morgan fingerprint density at radius 2 is 1.03 bits per heavy atom. The van der Waals surface area contributed by atoms with Gasteiger partial charge in [0.25, 0.3) is 0 Å². The number of hydrogen-bond acceptors (Lipinski definition) is 4. The number of benzene rings is 3. The number of rotatable bonds is 10. The highest BCUT2D eigenvalue weighted by Gasteiger charge is 2.18. The molecule has 204 valence electrons. The molecule has 37 heavy (non-hydrogen) atoms. The van der Waals surface area contributed by atoms with Crippen LogP contribution >= 0.6 is 0 Å². The molecule has 1 saturated heterocycles. The first-order chi connectivity index (χ1) is 18.4. The lowest BCUT2D eigenvalue weighted by Gasteiger charge is -2.35. The Hall–Kier alpha value is -2.50. The van der Waals surface area contributed by atoms with Crippen LogP contribution in [0.2, 0.25) is 0 Å². The van der Waals surface area contributed by atoms with E-state index in [1.165, 1.54) is 36.1 Å². The molecular weight excluding hydrogens is 456 g/mol. The van der Waals surface area contributed by atoms with Crippen molar-refractivity contribution in [3.8, 4) is 0 Å². The number of piperazine rings is 1. The van der Waals surface area contributed by atoms with E-state index in [2.05, 4.69) is 101 Å². The van der Waals surface area contributed by atoms with Gasteiger partial charge in [-0.1, -0.05) is 119 Å². The van der Waals surface area contributed by atoms with E-state index in [4.69, 9.17) is 9.84 Å². The predicted molar refractivity (Wildman–Crippen MR) is 159 cm³/mol. The van der Waals surface area contributed by atoms with Crippen molar-refractivity contribution in [1.82, 2.24) is 9.80 Å². The fraction of sp³-hybridized carbons (Fsp3) is 0.455. The van der Waals surface area contributed by atoms with E-state index in [1.807, 2.05) is 27.7 Å². The van der Waals surface area contributed by atoms with Crippen molar-refractivity contribution in [3.05, 3.63) is 108 Å². The minimum atomic E-state index is 0.00155. The summed E-state index contributed by atoms with van der Waals surface area (Å²) in [6, 6.07) is 31.9. The van der Waals surface area contributed by atoms with Crippen LogP contribution in [0.3, 0.4) is 0 Å². The van der Waals surface area contributed by atoms with Crippen molar-refractivity contribution in [2.45, 2.75) is 46.6 Å². The molecule has 0 atom stereocenters. The molecule has 3 aromatic rings. The zero-order valence-electron chi connectivity index (χ0n) is 23.9. The largest absolute Gasteiger partial charge is 0.400 e. The SMILES string of the molecule is CC.CC.CO.c1ccc(CCCN2CCN(CCOC(c3ccccc3)c3ccccc3)CC2)cc1. The second kappa shape index (κ2) is 21.6. The van der Waals surface area contributed by atoms with Gasteiger partial charge in [-0.15, -0.1) is 0 Å². The maximum absolute atomic E-state index is 7.00. The average molecular weight is 507 g/mol. The molecule has 0 spiro atoms. The molecular formula is C33H50N2O2. The molecule has 0 saturated carbocycles. The number of aryl methyl sites for hydroxylation is 1. The summed E-state index contributed by atoms with van der Waals surface area (Å²) in [4.78, 5) is 5.15. The molecule has 4 rings (SSSR count). The quantitative estimate of drug-likeness (QED) is 0.332. The van der Waals surface area contributed by atoms with Gasteiger partial charge in [-0.05, 0) is 36.1 Å². The third-order valence-electron chi connectivity index (χ3n) is 6.14. The maximum atomic E-state index is 7.00. The van der Waals surface area contributed by atoms with E-state index >= 15 is 0 Å². The number of aliphatic hydroxyl groups excluding tert-OH is 1. The van der Waals surface area contributed by atoms with Gasteiger partial charge >= 0.3 is 0 Å². The Labute approximate surface area is 226 Å². The summed E-state index contributed by atoms with van der Waals surface area (Å²) in [6.45, 7) is 15.5. The van der Waals surface area contributed by atoms with Crippen molar-refractivity contribution in [2.24, 2.45) is 0 Å². The van der Waals surface area contributed by atoms with Gasteiger partial charge in [-0.2, -0.15) is 0 Å². The highest BCUT2D eigenvalue weighted by atomic mass is 16.5. The second-order valence-corrected chi connectivity index (χ2v) is 8.34. The first-order valence-corrected chi connectivity index (χ1v) is 14.0. The Balaban J connectivity index is 0.00000106. The highest BCUT2D eigenvalue weighted by molar-refractivity contribution is 5.29. The van der Waals surface area contributed by atoms with Gasteiger partial charge in [-0.25, -0.2) is 0 Å². The number of nitrogens with zero attached hydrogens (tertiary/aromatic N) is 2. The van der Waals surface area contributed by atoms with Crippen molar-refractivity contribution in [1.29, 1.82) is 0 Å². The van der Waals surface area contributed by atoms with Gasteiger partial charge in [0.05, 0.1) is 6.61 Å². The highest BCUT2D eigenvalue weighted by Crippen LogP contribution is 2.25. The molecule has 1 fully saturated rings. The van der Waals surface area contributed by atoms with Gasteiger partial charge < -0.3 is 14.7 Å². The number of ether oxygens (including phenoxy) is 1. The summed E-state index contributed by atoms with van der Waals surface area (Å²) in [7, 11) is 1.00. The Kier molecular flexibility index (Phi) is 19.0. The molecule has 4 nitrogen and oxygen atoms in total. The lowest BCUT2D eigenvalue weighted by Crippen LogP contribution is -2.47. The van der Waals surface area contributed by atoms with Gasteiger partial charge in [0, 0.05) is 39.8 Å². The average Bonchev–Trinajstić information content (AvgIpc) is 3.01. The molecule has 1 heterocycles. The summed E-state index contributed by atoms with van der Waals surface area (Å²) in [6.07, 6.45) is 2.42. The number of aliphatic hydroxyl groups is 1. The molecule has 0 amide bonds. The lowest BCUT2D eigenvalue weighted by atomic mass is 10.0. The van der Waals surface area contributed by atoms with E-state index in [0.717, 1.165) is 46.4 Å². The summed E-state index contributed by atoms with van der Waals surface area (Å²) in [5.74, 6) is 0. The number of hydrogen-bond donors (Lipinski definition) is 1. The van der Waals surface area contributed by atoms with Gasteiger partial charge in [0.2, 0.25) is 0 Å². The van der Waals surface area contributed by atoms with Crippen molar-refractivity contribution >= 4 is 0 Å². The first-order valence-electron chi connectivity index (χ1n) is 14.0. The van der Waals surface area contributed by atoms with Gasteiger partial charge in [0.15, 0.2) is 0 Å². The second-order valence-electron chi connectivity index (χ2n) is 8.34. The molecule has 1 aliphatic heterocycles. The van der Waals surface area contributed by atoms with Crippen molar-refractivity contribution in [3.63, 3.8) is 0 Å². The van der Waals surface area contributed by atoms with Crippen LogP contribution in [0.4, 0.5) is 0 Å². The fourth-order valence-corrected chi connectivity index (χ4v) is 4.33. The van der Waals surface area contributed by atoms with Crippen LogP contribution in [-0.4, -0.2) is 67.9 Å². The van der Waals surface area contributed by atoms with Gasteiger partial charge in [-0.3, -0.25) is 4.90 Å². The Morgan fingerprint density at radius 3 is 1.49 bits per heavy atom. The van der Waals surface area contributed by atoms with E-state index in [9.17, 15) is 0 Å². The smallest absolute Gasteiger partial charge is 0.108 e. The molecule has 1 N–H and O–H groups in total. The molecule has 3 aromatic carbocycles. The standard InChI is InChI=1S/C28H34N2O.2C2H6.CH4O/c1-4-11-25(12-5-1)13-10-18-29-19-21-30(22-20-29)23-24-31-28(26-14-6-2-7-15-26)27-16-8-3-9-17-27;3*1-2/h1-9,11-12,14-17,28H,10,13,18-24H2;2*1-2H3;2H,1H3. The van der Waals surface area contributed by atoms with E-state index in [-0.39, 0.29) is 6.10 Å². The minimum Gasteiger partial charge on any atom is -0.400 e. The molecule has 0 aliphatic carbocycles. The van der Waals surface area contributed by atoms with E-state index in [0.29, 0.717) is 0 Å². The van der Waals surface area contributed by atoms with Crippen LogP contribution in [0, 0.1) is 0 Å². The maximum Gasteiger partial charge on any atom is 0.108 e. The zero-order valence-corrected chi connectivity index (χ0v) is 23.9. The Morgan fingerprint density at radius 1 is 0.622 bits per heavy atom. The third-order valence-corrected chi connectivity index (χ3v) is 6.14. The van der Waals surface area contributed by atoms with Crippen LogP contribution in [0.1, 0.15) is 56.9 Å². The van der Waals surface area contributed by atoms with E-state index in [1.54, 1.807) is 0 Å². The third kappa shape index (κ3) is 12.5. The lowest BCUT2D eigenvalue weighted by molar-refractivity contribution is 0.0451. The van der Waals surface area contributed by atoms with Crippen LogP contribution in [0.25, 0.3) is 0 Å². The van der Waals surface area contributed by atoms with Crippen molar-refractivity contribution < 1.29 is 9.84 Å². The van der Waals surface area contributed by atoms with Gasteiger partial charge in [0.1, 0.15) is 6.10 Å². The van der Waals surface area contributed by atoms with Crippen LogP contribution in [-0.2, 0) is 11.2 Å². The van der Waals surface area contributed by atoms with E-state index < -0.39 is 0 Å². The normalized spacial score (nSPS) is 13.4. The topological polar surface area (TPSA) is 35.9 Å². The Bertz CT molecular complexity index is 827. The molecule has 1 aliphatic rings. The van der Waals surface area contributed by atoms with Crippen molar-refractivity contribution in [2.75, 3.05) is 53.0 Å². The molecule has 4 heteroatoms. The fourth-order valence-electron chi connectivity index (χ4n) is 4.33. The minimum absolute atomic E-state index is 0.00155. The van der Waals surface area contributed by atoms with Crippen LogP contribution < -0.4 is 0 Å². The molecule has 0 aromatic heterocycles. The predicted octanol–water partition coefficient (Wildman–Crippen LogP) is 6.70. The van der Waals surface area contributed by atoms with Crippen LogP contribution in [0.5, 0.6) is 0 Å². The van der Waals surface area contributed by atoms with Crippen LogP contribution in [0.15, 0.2) is 91.0 Å². The zero-order chi connectivity index (χ0) is 27.1. The summed E-state index contributed by atoms with van der Waals surface area (Å²) in [5.41, 5.74) is 3.89. The molecule has 0 bridgehead atoms. The monoisotopic (exact) mass is 506 g/mol.